The summed E-state index contributed by atoms with van der Waals surface area (Å²) >= 11 is 1.70. The normalized spacial score (nSPS) is 16.7. The van der Waals surface area contributed by atoms with Crippen molar-refractivity contribution in [3.05, 3.63) is 21.9 Å². The van der Waals surface area contributed by atoms with Gasteiger partial charge >= 0.3 is 0 Å². The first-order valence-electron chi connectivity index (χ1n) is 6.75. The van der Waals surface area contributed by atoms with Gasteiger partial charge in [0, 0.05) is 13.0 Å². The molecule has 2 N–H and O–H groups in total. The topological polar surface area (TPSA) is 41.1 Å². The number of piperidine rings is 1. The molecule has 4 heteroatoms. The smallest absolute Gasteiger partial charge is 0.220 e. The molecule has 1 aliphatic heterocycles. The van der Waals surface area contributed by atoms with Crippen LogP contribution in [0.3, 0.4) is 0 Å². The van der Waals surface area contributed by atoms with Crippen molar-refractivity contribution in [3.63, 3.8) is 0 Å². The minimum absolute atomic E-state index is 0.194. The fourth-order valence-electron chi connectivity index (χ4n) is 2.36. The molecule has 0 aliphatic carbocycles. The van der Waals surface area contributed by atoms with Crippen molar-refractivity contribution in [2.75, 3.05) is 13.1 Å². The van der Waals surface area contributed by atoms with Gasteiger partial charge < -0.3 is 10.6 Å². The summed E-state index contributed by atoms with van der Waals surface area (Å²) in [5.74, 6) is 0.930. The van der Waals surface area contributed by atoms with Gasteiger partial charge in [-0.15, -0.1) is 0 Å². The Hall–Kier alpha value is -0.870. The molecule has 1 aromatic rings. The lowest BCUT2D eigenvalue weighted by Crippen LogP contribution is -2.29. The third kappa shape index (κ3) is 4.10. The van der Waals surface area contributed by atoms with Crippen molar-refractivity contribution in [2.24, 2.45) is 5.92 Å². The van der Waals surface area contributed by atoms with Crippen molar-refractivity contribution in [2.45, 2.75) is 39.2 Å². The third-order valence-corrected chi connectivity index (χ3v) is 4.59. The highest BCUT2D eigenvalue weighted by Crippen LogP contribution is 2.18. The van der Waals surface area contributed by atoms with E-state index in [-0.39, 0.29) is 5.91 Å². The van der Waals surface area contributed by atoms with Crippen LogP contribution in [0, 0.1) is 12.8 Å². The number of hydrogen-bond acceptors (Lipinski definition) is 3. The zero-order chi connectivity index (χ0) is 12.8. The van der Waals surface area contributed by atoms with Crippen LogP contribution in [-0.2, 0) is 11.3 Å². The van der Waals surface area contributed by atoms with E-state index in [1.54, 1.807) is 11.3 Å². The summed E-state index contributed by atoms with van der Waals surface area (Å²) in [6.45, 7) is 4.99. The molecule has 2 rings (SSSR count). The van der Waals surface area contributed by atoms with Gasteiger partial charge in [0.1, 0.15) is 0 Å². The van der Waals surface area contributed by atoms with Crippen LogP contribution in [0.2, 0.25) is 0 Å². The molecule has 0 unspecified atom stereocenters. The van der Waals surface area contributed by atoms with Gasteiger partial charge in [-0.2, -0.15) is 11.3 Å². The minimum atomic E-state index is 0.194. The Balaban J connectivity index is 1.64. The molecular weight excluding hydrogens is 244 g/mol. The predicted octanol–water partition coefficient (Wildman–Crippen LogP) is 2.45. The zero-order valence-corrected chi connectivity index (χ0v) is 11.8. The molecule has 0 spiro atoms. The summed E-state index contributed by atoms with van der Waals surface area (Å²) < 4.78 is 0. The fraction of sp³-hybridized carbons (Fsp3) is 0.643. The Kier molecular flexibility index (Phi) is 5.20. The molecule has 100 valence electrons. The van der Waals surface area contributed by atoms with Crippen molar-refractivity contribution in [1.82, 2.24) is 10.6 Å². The molecule has 1 aromatic heterocycles. The Morgan fingerprint density at radius 2 is 2.22 bits per heavy atom. The van der Waals surface area contributed by atoms with Gasteiger partial charge in [0.05, 0.1) is 0 Å². The molecule has 18 heavy (non-hydrogen) atoms. The zero-order valence-electron chi connectivity index (χ0n) is 11.0. The molecule has 1 amide bonds. The van der Waals surface area contributed by atoms with Gasteiger partial charge in [-0.05, 0) is 67.1 Å². The highest BCUT2D eigenvalue weighted by atomic mass is 32.1. The van der Waals surface area contributed by atoms with E-state index >= 15 is 0 Å². The van der Waals surface area contributed by atoms with Gasteiger partial charge in [-0.3, -0.25) is 4.79 Å². The second-order valence-corrected chi connectivity index (χ2v) is 5.83. The molecule has 1 fully saturated rings. The Morgan fingerprint density at radius 1 is 1.44 bits per heavy atom. The van der Waals surface area contributed by atoms with Crippen LogP contribution in [0.25, 0.3) is 0 Å². The van der Waals surface area contributed by atoms with E-state index in [0.717, 1.165) is 25.4 Å². The first kappa shape index (κ1) is 13.6. The van der Waals surface area contributed by atoms with Crippen molar-refractivity contribution < 1.29 is 4.79 Å². The quantitative estimate of drug-likeness (QED) is 0.859. The monoisotopic (exact) mass is 266 g/mol. The van der Waals surface area contributed by atoms with E-state index in [1.165, 1.54) is 24.0 Å². The summed E-state index contributed by atoms with van der Waals surface area (Å²) in [6, 6.07) is 0. The predicted molar refractivity (Wildman–Crippen MR) is 75.7 cm³/mol. The molecule has 0 aromatic carbocycles. The maximum absolute atomic E-state index is 11.8. The van der Waals surface area contributed by atoms with Gasteiger partial charge in [0.25, 0.3) is 0 Å². The van der Waals surface area contributed by atoms with E-state index < -0.39 is 0 Å². The number of carbonyl (C=O) groups excluding carboxylic acids is 1. The van der Waals surface area contributed by atoms with Crippen LogP contribution < -0.4 is 10.6 Å². The summed E-state index contributed by atoms with van der Waals surface area (Å²) in [5.41, 5.74) is 2.52. The van der Waals surface area contributed by atoms with Crippen LogP contribution in [0.1, 0.15) is 36.8 Å². The maximum atomic E-state index is 11.8. The number of carbonyl (C=O) groups is 1. The molecule has 1 aliphatic rings. The minimum Gasteiger partial charge on any atom is -0.352 e. The number of amides is 1. The number of hydrogen-bond donors (Lipinski definition) is 2. The first-order chi connectivity index (χ1) is 8.75. The highest BCUT2D eigenvalue weighted by Gasteiger charge is 2.14. The average Bonchev–Trinajstić information content (AvgIpc) is 2.81. The van der Waals surface area contributed by atoms with Crippen molar-refractivity contribution >= 4 is 17.2 Å². The molecule has 1 saturated heterocycles. The summed E-state index contributed by atoms with van der Waals surface area (Å²) in [7, 11) is 0. The second kappa shape index (κ2) is 6.90. The Bertz CT molecular complexity index is 383. The summed E-state index contributed by atoms with van der Waals surface area (Å²) in [5, 5.41) is 10.6. The number of rotatable bonds is 5. The van der Waals surface area contributed by atoms with Crippen LogP contribution in [-0.4, -0.2) is 19.0 Å². The Labute approximate surface area is 113 Å². The molecule has 0 radical (unpaired) electrons. The molecule has 0 atom stereocenters. The second-order valence-electron chi connectivity index (χ2n) is 5.09. The molecule has 3 nitrogen and oxygen atoms in total. The molecular formula is C14H22N2OS. The third-order valence-electron chi connectivity index (χ3n) is 3.68. The lowest BCUT2D eigenvalue weighted by atomic mass is 9.93. The van der Waals surface area contributed by atoms with Gasteiger partial charge in [0.2, 0.25) is 5.91 Å². The largest absolute Gasteiger partial charge is 0.352 e. The SMILES string of the molecule is Cc1cscc1CNC(=O)CCC1CCNCC1. The van der Waals surface area contributed by atoms with Crippen molar-refractivity contribution in [1.29, 1.82) is 0 Å². The molecule has 0 bridgehead atoms. The molecule has 2 heterocycles. The van der Waals surface area contributed by atoms with E-state index in [9.17, 15) is 4.79 Å². The highest BCUT2D eigenvalue weighted by molar-refractivity contribution is 7.08. The van der Waals surface area contributed by atoms with Gasteiger partial charge in [-0.1, -0.05) is 0 Å². The first-order valence-corrected chi connectivity index (χ1v) is 7.69. The van der Waals surface area contributed by atoms with E-state index in [1.807, 2.05) is 0 Å². The van der Waals surface area contributed by atoms with Gasteiger partial charge in [-0.25, -0.2) is 0 Å². The standard InChI is InChI=1S/C14H22N2OS/c1-11-9-18-10-13(11)8-16-14(17)3-2-12-4-6-15-7-5-12/h9-10,12,15H,2-8H2,1H3,(H,16,17). The van der Waals surface area contributed by atoms with E-state index in [4.69, 9.17) is 0 Å². The average molecular weight is 266 g/mol. The Morgan fingerprint density at radius 3 is 2.89 bits per heavy atom. The van der Waals surface area contributed by atoms with Crippen LogP contribution >= 0.6 is 11.3 Å². The lowest BCUT2D eigenvalue weighted by molar-refractivity contribution is -0.121. The summed E-state index contributed by atoms with van der Waals surface area (Å²) in [4.78, 5) is 11.8. The van der Waals surface area contributed by atoms with Crippen LogP contribution in [0.4, 0.5) is 0 Å². The number of thiophene rings is 1. The van der Waals surface area contributed by atoms with Crippen LogP contribution in [0.15, 0.2) is 10.8 Å². The lowest BCUT2D eigenvalue weighted by Gasteiger charge is -2.22. The molecule has 0 saturated carbocycles. The number of nitrogens with one attached hydrogen (secondary N) is 2. The fourth-order valence-corrected chi connectivity index (χ4v) is 3.21. The van der Waals surface area contributed by atoms with Gasteiger partial charge in [0.15, 0.2) is 0 Å². The van der Waals surface area contributed by atoms with E-state index in [2.05, 4.69) is 28.3 Å². The maximum Gasteiger partial charge on any atom is 0.220 e. The van der Waals surface area contributed by atoms with E-state index in [0.29, 0.717) is 13.0 Å². The van der Waals surface area contributed by atoms with Crippen molar-refractivity contribution in [3.8, 4) is 0 Å². The summed E-state index contributed by atoms with van der Waals surface area (Å²) in [6.07, 6.45) is 4.15. The number of aryl methyl sites for hydroxylation is 1. The van der Waals surface area contributed by atoms with Crippen LogP contribution in [0.5, 0.6) is 0 Å².